The summed E-state index contributed by atoms with van der Waals surface area (Å²) in [7, 11) is 0. The molecule has 0 radical (unpaired) electrons. The third-order valence-electron chi connectivity index (χ3n) is 4.47. The Morgan fingerprint density at radius 1 is 0.917 bits per heavy atom. The molecule has 0 bridgehead atoms. The van der Waals surface area contributed by atoms with Crippen LogP contribution in [0, 0.1) is 0 Å². The van der Waals surface area contributed by atoms with E-state index in [-0.39, 0.29) is 11.9 Å². The SMILES string of the molecule is CCCCCCCCCCC[C@H](CC(C)=O)OCc1ccccc1. The Balaban J connectivity index is 2.13. The fourth-order valence-electron chi connectivity index (χ4n) is 3.04. The lowest BCUT2D eigenvalue weighted by molar-refractivity contribution is -0.120. The molecule has 1 atom stereocenters. The van der Waals surface area contributed by atoms with Crippen molar-refractivity contribution in [1.29, 1.82) is 0 Å². The van der Waals surface area contributed by atoms with Gasteiger partial charge in [-0.3, -0.25) is 4.79 Å². The standard InChI is InChI=1S/C22H36O2/c1-3-4-5-6-7-8-9-10-14-17-22(18-20(2)23)24-19-21-15-12-11-13-16-21/h11-13,15-16,22H,3-10,14,17-19H2,1-2H3/t22-/m1/s1. The molecule has 0 amide bonds. The van der Waals surface area contributed by atoms with Crippen molar-refractivity contribution in [1.82, 2.24) is 0 Å². The summed E-state index contributed by atoms with van der Waals surface area (Å²) >= 11 is 0. The lowest BCUT2D eigenvalue weighted by Crippen LogP contribution is -2.16. The third-order valence-corrected chi connectivity index (χ3v) is 4.47. The molecule has 0 heterocycles. The molecule has 0 aliphatic carbocycles. The van der Waals surface area contributed by atoms with Gasteiger partial charge in [-0.1, -0.05) is 95.0 Å². The van der Waals surface area contributed by atoms with Crippen molar-refractivity contribution >= 4 is 5.78 Å². The molecule has 0 aliphatic rings. The van der Waals surface area contributed by atoms with E-state index in [1.165, 1.54) is 63.4 Å². The van der Waals surface area contributed by atoms with Crippen LogP contribution < -0.4 is 0 Å². The predicted octanol–water partition coefficient (Wildman–Crippen LogP) is 6.47. The number of hydrogen-bond acceptors (Lipinski definition) is 2. The number of Topliss-reactive ketones (excluding diaryl/α,β-unsaturated/α-hetero) is 1. The second-order valence-electron chi connectivity index (χ2n) is 6.94. The summed E-state index contributed by atoms with van der Waals surface area (Å²) in [5.41, 5.74) is 1.18. The van der Waals surface area contributed by atoms with Gasteiger partial charge in [0, 0.05) is 6.42 Å². The molecule has 2 nitrogen and oxygen atoms in total. The lowest BCUT2D eigenvalue weighted by atomic mass is 10.0. The van der Waals surface area contributed by atoms with Crippen LogP contribution >= 0.6 is 0 Å². The van der Waals surface area contributed by atoms with E-state index in [0.717, 1.165) is 6.42 Å². The van der Waals surface area contributed by atoms with E-state index in [1.807, 2.05) is 18.2 Å². The summed E-state index contributed by atoms with van der Waals surface area (Å²) in [5, 5.41) is 0. The minimum atomic E-state index is 0.0762. The van der Waals surface area contributed by atoms with Crippen molar-refractivity contribution in [3.05, 3.63) is 35.9 Å². The topological polar surface area (TPSA) is 26.3 Å². The highest BCUT2D eigenvalue weighted by Gasteiger charge is 2.12. The van der Waals surface area contributed by atoms with Gasteiger partial charge in [0.15, 0.2) is 0 Å². The van der Waals surface area contributed by atoms with Crippen molar-refractivity contribution in [2.45, 2.75) is 97.2 Å². The van der Waals surface area contributed by atoms with Crippen molar-refractivity contribution in [3.8, 4) is 0 Å². The van der Waals surface area contributed by atoms with Crippen LogP contribution in [0.5, 0.6) is 0 Å². The highest BCUT2D eigenvalue weighted by molar-refractivity contribution is 5.75. The molecule has 136 valence electrons. The Kier molecular flexibility index (Phi) is 12.4. The van der Waals surface area contributed by atoms with Gasteiger partial charge in [0.1, 0.15) is 5.78 Å². The zero-order chi connectivity index (χ0) is 17.5. The molecule has 0 unspecified atom stereocenters. The van der Waals surface area contributed by atoms with Crippen LogP contribution in [-0.4, -0.2) is 11.9 Å². The first-order valence-corrected chi connectivity index (χ1v) is 9.87. The van der Waals surface area contributed by atoms with E-state index in [2.05, 4.69) is 19.1 Å². The molecule has 0 N–H and O–H groups in total. The number of ether oxygens (including phenoxy) is 1. The van der Waals surface area contributed by atoms with E-state index in [9.17, 15) is 4.79 Å². The van der Waals surface area contributed by atoms with Crippen molar-refractivity contribution in [2.75, 3.05) is 0 Å². The van der Waals surface area contributed by atoms with E-state index >= 15 is 0 Å². The maximum Gasteiger partial charge on any atom is 0.132 e. The molecule has 2 heteroatoms. The molecular weight excluding hydrogens is 296 g/mol. The van der Waals surface area contributed by atoms with E-state index in [4.69, 9.17) is 4.74 Å². The fraction of sp³-hybridized carbons (Fsp3) is 0.682. The van der Waals surface area contributed by atoms with Crippen LogP contribution in [0.25, 0.3) is 0 Å². The first kappa shape index (κ1) is 20.9. The monoisotopic (exact) mass is 332 g/mol. The van der Waals surface area contributed by atoms with Gasteiger partial charge in [-0.25, -0.2) is 0 Å². The smallest absolute Gasteiger partial charge is 0.132 e. The Labute approximate surface area is 149 Å². The quantitative estimate of drug-likeness (QED) is 0.344. The summed E-state index contributed by atoms with van der Waals surface area (Å²) < 4.78 is 5.99. The molecule has 24 heavy (non-hydrogen) atoms. The molecule has 1 rings (SSSR count). The minimum absolute atomic E-state index is 0.0762. The van der Waals surface area contributed by atoms with Gasteiger partial charge in [-0.2, -0.15) is 0 Å². The second kappa shape index (κ2) is 14.2. The number of ketones is 1. The molecule has 0 saturated heterocycles. The molecule has 0 aromatic heterocycles. The number of rotatable bonds is 15. The summed E-state index contributed by atoms with van der Waals surface area (Å²) in [6.45, 7) is 4.53. The number of benzene rings is 1. The summed E-state index contributed by atoms with van der Waals surface area (Å²) in [6, 6.07) is 10.2. The van der Waals surface area contributed by atoms with Gasteiger partial charge in [0.2, 0.25) is 0 Å². The molecule has 0 spiro atoms. The first-order chi connectivity index (χ1) is 11.7. The van der Waals surface area contributed by atoms with Gasteiger partial charge < -0.3 is 4.74 Å². The number of carbonyl (C=O) groups is 1. The van der Waals surface area contributed by atoms with Crippen molar-refractivity contribution in [3.63, 3.8) is 0 Å². The van der Waals surface area contributed by atoms with Gasteiger partial charge in [-0.15, -0.1) is 0 Å². The first-order valence-electron chi connectivity index (χ1n) is 9.87. The van der Waals surface area contributed by atoms with E-state index in [0.29, 0.717) is 13.0 Å². The highest BCUT2D eigenvalue weighted by Crippen LogP contribution is 2.15. The molecule has 1 aromatic carbocycles. The predicted molar refractivity (Wildman–Crippen MR) is 102 cm³/mol. The molecule has 0 fully saturated rings. The van der Waals surface area contributed by atoms with Gasteiger partial charge in [-0.05, 0) is 18.9 Å². The number of hydrogen-bond donors (Lipinski definition) is 0. The lowest BCUT2D eigenvalue weighted by Gasteiger charge is -2.17. The minimum Gasteiger partial charge on any atom is -0.373 e. The molecule has 1 aromatic rings. The molecule has 0 saturated carbocycles. The summed E-state index contributed by atoms with van der Waals surface area (Å²) in [4.78, 5) is 11.4. The zero-order valence-corrected chi connectivity index (χ0v) is 15.8. The van der Waals surface area contributed by atoms with Gasteiger partial charge in [0.05, 0.1) is 12.7 Å². The van der Waals surface area contributed by atoms with Crippen LogP contribution in [0.3, 0.4) is 0 Å². The molecule has 0 aliphatic heterocycles. The Morgan fingerprint density at radius 3 is 2.08 bits per heavy atom. The Bertz CT molecular complexity index is 413. The van der Waals surface area contributed by atoms with Crippen LogP contribution in [-0.2, 0) is 16.1 Å². The fourth-order valence-corrected chi connectivity index (χ4v) is 3.04. The number of unbranched alkanes of at least 4 members (excludes halogenated alkanes) is 8. The summed E-state index contributed by atoms with van der Waals surface area (Å²) in [6.07, 6.45) is 13.6. The molecular formula is C22H36O2. The highest BCUT2D eigenvalue weighted by atomic mass is 16.5. The van der Waals surface area contributed by atoms with Gasteiger partial charge >= 0.3 is 0 Å². The zero-order valence-electron chi connectivity index (χ0n) is 15.8. The average molecular weight is 333 g/mol. The maximum absolute atomic E-state index is 11.4. The van der Waals surface area contributed by atoms with Crippen molar-refractivity contribution in [2.24, 2.45) is 0 Å². The van der Waals surface area contributed by atoms with Gasteiger partial charge in [0.25, 0.3) is 0 Å². The average Bonchev–Trinajstić information content (AvgIpc) is 2.58. The Morgan fingerprint density at radius 2 is 1.50 bits per heavy atom. The largest absolute Gasteiger partial charge is 0.373 e. The maximum atomic E-state index is 11.4. The van der Waals surface area contributed by atoms with Crippen molar-refractivity contribution < 1.29 is 9.53 Å². The third kappa shape index (κ3) is 11.4. The Hall–Kier alpha value is -1.15. The normalized spacial score (nSPS) is 12.2. The van der Waals surface area contributed by atoms with E-state index < -0.39 is 0 Å². The summed E-state index contributed by atoms with van der Waals surface area (Å²) in [5.74, 6) is 0.226. The van der Waals surface area contributed by atoms with Crippen LogP contribution in [0.4, 0.5) is 0 Å². The van der Waals surface area contributed by atoms with Crippen LogP contribution in [0.2, 0.25) is 0 Å². The van der Waals surface area contributed by atoms with Crippen LogP contribution in [0.1, 0.15) is 90.0 Å². The van der Waals surface area contributed by atoms with Crippen LogP contribution in [0.15, 0.2) is 30.3 Å². The second-order valence-corrected chi connectivity index (χ2v) is 6.94. The van der Waals surface area contributed by atoms with E-state index in [1.54, 1.807) is 6.92 Å². The number of carbonyl (C=O) groups excluding carboxylic acids is 1.